The molecule has 0 saturated carbocycles. The maximum atomic E-state index is 13.1. The Kier molecular flexibility index (Phi) is 6.89. The molecule has 2 aromatic carbocycles. The van der Waals surface area contributed by atoms with Crippen LogP contribution in [0, 0.1) is 12.8 Å². The van der Waals surface area contributed by atoms with Crippen molar-refractivity contribution in [3.05, 3.63) is 65.4 Å². The number of pyridine rings is 1. The van der Waals surface area contributed by atoms with Crippen molar-refractivity contribution in [3.63, 3.8) is 0 Å². The summed E-state index contributed by atoms with van der Waals surface area (Å²) in [7, 11) is 0. The minimum Gasteiger partial charge on any atom is -0.378 e. The van der Waals surface area contributed by atoms with Gasteiger partial charge in [-0.05, 0) is 42.8 Å². The third-order valence-electron chi connectivity index (χ3n) is 5.75. The summed E-state index contributed by atoms with van der Waals surface area (Å²) in [6.45, 7) is 9.24. The van der Waals surface area contributed by atoms with E-state index in [0.29, 0.717) is 23.3 Å². The Morgan fingerprint density at radius 3 is 2.48 bits per heavy atom. The van der Waals surface area contributed by atoms with E-state index in [9.17, 15) is 9.59 Å². The lowest BCUT2D eigenvalue weighted by Crippen LogP contribution is -2.36. The molecule has 7 heteroatoms. The van der Waals surface area contributed by atoms with Crippen molar-refractivity contribution in [2.75, 3.05) is 36.5 Å². The number of nitrogens with zero attached hydrogens (tertiary/aromatic N) is 2. The molecule has 3 aromatic rings. The number of ether oxygens (including phenoxy) is 1. The summed E-state index contributed by atoms with van der Waals surface area (Å²) in [5, 5.41) is 6.65. The van der Waals surface area contributed by atoms with Crippen LogP contribution in [-0.2, 0) is 16.1 Å². The lowest BCUT2D eigenvalue weighted by atomic mass is 10.0. The Hall–Kier alpha value is -3.45. The average Bonchev–Trinajstić information content (AvgIpc) is 2.82. The van der Waals surface area contributed by atoms with E-state index in [-0.39, 0.29) is 17.7 Å². The molecule has 33 heavy (non-hydrogen) atoms. The van der Waals surface area contributed by atoms with Crippen molar-refractivity contribution in [2.45, 2.75) is 27.3 Å². The second kappa shape index (κ2) is 10.0. The molecule has 7 nitrogen and oxygen atoms in total. The Balaban J connectivity index is 1.51. The number of nitrogens with one attached hydrogen (secondary N) is 2. The highest BCUT2D eigenvalue weighted by atomic mass is 16.5. The van der Waals surface area contributed by atoms with Gasteiger partial charge in [0.15, 0.2) is 0 Å². The van der Waals surface area contributed by atoms with E-state index in [1.807, 2.05) is 51.1 Å². The summed E-state index contributed by atoms with van der Waals surface area (Å²) >= 11 is 0. The first-order valence-corrected chi connectivity index (χ1v) is 11.3. The largest absolute Gasteiger partial charge is 0.378 e. The number of benzene rings is 2. The molecule has 2 amide bonds. The van der Waals surface area contributed by atoms with Gasteiger partial charge in [0.05, 0.1) is 24.3 Å². The zero-order valence-corrected chi connectivity index (χ0v) is 19.4. The number of morpholine rings is 1. The van der Waals surface area contributed by atoms with Gasteiger partial charge in [-0.3, -0.25) is 14.6 Å². The number of anilines is 2. The highest BCUT2D eigenvalue weighted by molar-refractivity contribution is 6.08. The molecule has 2 N–H and O–H groups in total. The fraction of sp³-hybridized carbons (Fsp3) is 0.346. The second-order valence-corrected chi connectivity index (χ2v) is 8.64. The summed E-state index contributed by atoms with van der Waals surface area (Å²) in [5.41, 5.74) is 4.76. The van der Waals surface area contributed by atoms with Crippen LogP contribution in [0.2, 0.25) is 0 Å². The third kappa shape index (κ3) is 5.49. The van der Waals surface area contributed by atoms with Gasteiger partial charge in [0.2, 0.25) is 5.91 Å². The van der Waals surface area contributed by atoms with Crippen LogP contribution in [0.15, 0.2) is 48.5 Å². The molecule has 0 aliphatic carbocycles. The number of aryl methyl sites for hydroxylation is 1. The molecule has 0 bridgehead atoms. The highest BCUT2D eigenvalue weighted by Gasteiger charge is 2.16. The van der Waals surface area contributed by atoms with Gasteiger partial charge in [0, 0.05) is 48.0 Å². The molecule has 0 radical (unpaired) electrons. The molecule has 4 rings (SSSR count). The van der Waals surface area contributed by atoms with Gasteiger partial charge in [0.25, 0.3) is 5.91 Å². The van der Waals surface area contributed by atoms with Gasteiger partial charge in [-0.2, -0.15) is 0 Å². The summed E-state index contributed by atoms with van der Waals surface area (Å²) in [4.78, 5) is 32.2. The summed E-state index contributed by atoms with van der Waals surface area (Å²) in [5.74, 6) is -0.471. The van der Waals surface area contributed by atoms with E-state index in [0.717, 1.165) is 48.6 Å². The predicted molar refractivity (Wildman–Crippen MR) is 131 cm³/mol. The molecule has 1 saturated heterocycles. The molecule has 2 heterocycles. The number of rotatable bonds is 6. The molecule has 1 fully saturated rings. The van der Waals surface area contributed by atoms with E-state index in [4.69, 9.17) is 4.74 Å². The van der Waals surface area contributed by atoms with Crippen molar-refractivity contribution < 1.29 is 14.3 Å². The zero-order valence-electron chi connectivity index (χ0n) is 19.4. The normalized spacial score (nSPS) is 13.9. The lowest BCUT2D eigenvalue weighted by molar-refractivity contribution is -0.118. The van der Waals surface area contributed by atoms with Crippen molar-refractivity contribution in [1.29, 1.82) is 0 Å². The van der Waals surface area contributed by atoms with Crippen molar-refractivity contribution in [3.8, 4) is 0 Å². The SMILES string of the molecule is Cc1ccc2c(C(=O)NCc3ccc(N4CCOCC4)cc3)cc(NC(=O)C(C)C)cc2n1. The van der Waals surface area contributed by atoms with Crippen LogP contribution in [-0.4, -0.2) is 43.1 Å². The number of carbonyl (C=O) groups excluding carboxylic acids is 2. The Morgan fingerprint density at radius 1 is 1.06 bits per heavy atom. The van der Waals surface area contributed by atoms with Gasteiger partial charge < -0.3 is 20.3 Å². The Bertz CT molecular complexity index is 1150. The number of aromatic nitrogens is 1. The molecule has 172 valence electrons. The van der Waals surface area contributed by atoms with Gasteiger partial charge >= 0.3 is 0 Å². The highest BCUT2D eigenvalue weighted by Crippen LogP contribution is 2.24. The summed E-state index contributed by atoms with van der Waals surface area (Å²) < 4.78 is 5.41. The molecule has 1 aromatic heterocycles. The monoisotopic (exact) mass is 446 g/mol. The van der Waals surface area contributed by atoms with Gasteiger partial charge in [-0.25, -0.2) is 0 Å². The van der Waals surface area contributed by atoms with E-state index < -0.39 is 0 Å². The maximum absolute atomic E-state index is 13.1. The standard InChI is InChI=1S/C26H30N4O3/c1-17(2)25(31)29-20-14-23(22-9-4-18(3)28-24(22)15-20)26(32)27-16-19-5-7-21(8-6-19)30-10-12-33-13-11-30/h4-9,14-15,17H,10-13,16H2,1-3H3,(H,27,32)(H,29,31). The molecule has 1 aliphatic rings. The number of amides is 2. The van der Waals surface area contributed by atoms with E-state index in [2.05, 4.69) is 32.7 Å². The number of carbonyl (C=O) groups is 2. The van der Waals surface area contributed by atoms with Crippen LogP contribution in [0.4, 0.5) is 11.4 Å². The average molecular weight is 447 g/mol. The Labute approximate surface area is 194 Å². The summed E-state index contributed by atoms with van der Waals surface area (Å²) in [6, 6.07) is 15.5. The zero-order chi connectivity index (χ0) is 23.4. The van der Waals surface area contributed by atoms with Crippen LogP contribution < -0.4 is 15.5 Å². The van der Waals surface area contributed by atoms with Gasteiger partial charge in [0.1, 0.15) is 0 Å². The smallest absolute Gasteiger partial charge is 0.252 e. The van der Waals surface area contributed by atoms with Crippen molar-refractivity contribution >= 4 is 34.1 Å². The van der Waals surface area contributed by atoms with Crippen LogP contribution in [0.1, 0.15) is 35.5 Å². The van der Waals surface area contributed by atoms with Crippen LogP contribution in [0.3, 0.4) is 0 Å². The minimum atomic E-state index is -0.205. The lowest BCUT2D eigenvalue weighted by Gasteiger charge is -2.28. The maximum Gasteiger partial charge on any atom is 0.252 e. The number of hydrogen-bond acceptors (Lipinski definition) is 5. The first-order chi connectivity index (χ1) is 15.9. The second-order valence-electron chi connectivity index (χ2n) is 8.64. The van der Waals surface area contributed by atoms with Crippen molar-refractivity contribution in [2.24, 2.45) is 5.92 Å². The summed E-state index contributed by atoms with van der Waals surface area (Å²) in [6.07, 6.45) is 0. The molecular weight excluding hydrogens is 416 g/mol. The molecular formula is C26H30N4O3. The number of fused-ring (bicyclic) bond motifs is 1. The van der Waals surface area contributed by atoms with Crippen LogP contribution in [0.5, 0.6) is 0 Å². The van der Waals surface area contributed by atoms with Crippen molar-refractivity contribution in [1.82, 2.24) is 10.3 Å². The molecule has 1 aliphatic heterocycles. The molecule has 0 unspecified atom stereocenters. The fourth-order valence-corrected chi connectivity index (χ4v) is 3.81. The fourth-order valence-electron chi connectivity index (χ4n) is 3.81. The predicted octanol–water partition coefficient (Wildman–Crippen LogP) is 3.90. The molecule has 0 spiro atoms. The van der Waals surface area contributed by atoms with Gasteiger partial charge in [-0.1, -0.05) is 32.0 Å². The molecule has 0 atom stereocenters. The van der Waals surface area contributed by atoms with E-state index in [1.54, 1.807) is 6.07 Å². The van der Waals surface area contributed by atoms with Gasteiger partial charge in [-0.15, -0.1) is 0 Å². The van der Waals surface area contributed by atoms with E-state index >= 15 is 0 Å². The topological polar surface area (TPSA) is 83.6 Å². The first kappa shape index (κ1) is 22.7. The Morgan fingerprint density at radius 2 is 1.79 bits per heavy atom. The minimum absolute atomic E-state index is 0.103. The number of hydrogen-bond donors (Lipinski definition) is 2. The van der Waals surface area contributed by atoms with Crippen LogP contribution in [0.25, 0.3) is 10.9 Å². The van der Waals surface area contributed by atoms with Crippen LogP contribution >= 0.6 is 0 Å². The first-order valence-electron chi connectivity index (χ1n) is 11.3. The third-order valence-corrected chi connectivity index (χ3v) is 5.75. The van der Waals surface area contributed by atoms with E-state index in [1.165, 1.54) is 0 Å². The quantitative estimate of drug-likeness (QED) is 0.600.